The summed E-state index contributed by atoms with van der Waals surface area (Å²) in [6.07, 6.45) is 0.479. The van der Waals surface area contributed by atoms with Gasteiger partial charge in [0.1, 0.15) is 18.5 Å². The van der Waals surface area contributed by atoms with Gasteiger partial charge in [-0.25, -0.2) is 0 Å². The highest BCUT2D eigenvalue weighted by Crippen LogP contribution is 2.13. The van der Waals surface area contributed by atoms with Crippen molar-refractivity contribution in [1.82, 2.24) is 0 Å². The first kappa shape index (κ1) is 16.0. The number of phenolic OH excluding ortho intramolecular Hbond substituents is 1. The second-order valence-corrected chi connectivity index (χ2v) is 4.37. The standard InChI is InChI=1S/C15H20O5/c1-3-14(17)19-10-13(20-15(18)4-2)9-11-5-7-12(16)8-6-11/h5-8,13,16H,3-4,9-10H2,1-2H3/t13-/m0/s1. The van der Waals surface area contributed by atoms with Crippen LogP contribution in [0.15, 0.2) is 24.3 Å². The Balaban J connectivity index is 2.63. The molecule has 110 valence electrons. The largest absolute Gasteiger partial charge is 0.508 e. The average molecular weight is 280 g/mol. The van der Waals surface area contributed by atoms with E-state index in [-0.39, 0.29) is 37.1 Å². The van der Waals surface area contributed by atoms with Gasteiger partial charge in [-0.05, 0) is 17.7 Å². The molecule has 1 N–H and O–H groups in total. The van der Waals surface area contributed by atoms with Crippen LogP contribution in [0.5, 0.6) is 5.75 Å². The molecule has 0 aliphatic heterocycles. The van der Waals surface area contributed by atoms with Crippen molar-refractivity contribution in [3.63, 3.8) is 0 Å². The van der Waals surface area contributed by atoms with E-state index in [2.05, 4.69) is 0 Å². The van der Waals surface area contributed by atoms with Gasteiger partial charge in [-0.2, -0.15) is 0 Å². The number of carbonyl (C=O) groups excluding carboxylic acids is 2. The number of esters is 2. The monoisotopic (exact) mass is 280 g/mol. The lowest BCUT2D eigenvalue weighted by Gasteiger charge is -2.17. The van der Waals surface area contributed by atoms with Gasteiger partial charge in [0.2, 0.25) is 0 Å². The van der Waals surface area contributed by atoms with Gasteiger partial charge < -0.3 is 14.6 Å². The van der Waals surface area contributed by atoms with E-state index in [4.69, 9.17) is 9.47 Å². The molecule has 0 bridgehead atoms. The van der Waals surface area contributed by atoms with Crippen molar-refractivity contribution in [2.24, 2.45) is 0 Å². The fraction of sp³-hybridized carbons (Fsp3) is 0.467. The predicted molar refractivity (Wildman–Crippen MR) is 73.2 cm³/mol. The van der Waals surface area contributed by atoms with Crippen LogP contribution in [0.4, 0.5) is 0 Å². The van der Waals surface area contributed by atoms with Crippen LogP contribution in [0.1, 0.15) is 32.3 Å². The van der Waals surface area contributed by atoms with E-state index in [1.54, 1.807) is 38.1 Å². The zero-order valence-corrected chi connectivity index (χ0v) is 11.8. The molecule has 0 unspecified atom stereocenters. The highest BCUT2D eigenvalue weighted by atomic mass is 16.6. The van der Waals surface area contributed by atoms with Crippen molar-refractivity contribution >= 4 is 11.9 Å². The summed E-state index contributed by atoms with van der Waals surface area (Å²) in [5.41, 5.74) is 0.893. The summed E-state index contributed by atoms with van der Waals surface area (Å²) in [6.45, 7) is 3.45. The minimum Gasteiger partial charge on any atom is -0.508 e. The van der Waals surface area contributed by atoms with Crippen molar-refractivity contribution in [1.29, 1.82) is 0 Å². The SMILES string of the molecule is CCC(=O)OC[C@H](Cc1ccc(O)cc1)OC(=O)CC. The van der Waals surface area contributed by atoms with E-state index in [1.807, 2.05) is 0 Å². The van der Waals surface area contributed by atoms with Crippen molar-refractivity contribution in [3.05, 3.63) is 29.8 Å². The summed E-state index contributed by atoms with van der Waals surface area (Å²) in [7, 11) is 0. The molecule has 0 aliphatic rings. The van der Waals surface area contributed by atoms with E-state index in [0.29, 0.717) is 6.42 Å². The summed E-state index contributed by atoms with van der Waals surface area (Å²) in [5.74, 6) is -0.483. The highest BCUT2D eigenvalue weighted by molar-refractivity contribution is 5.70. The summed E-state index contributed by atoms with van der Waals surface area (Å²) < 4.78 is 10.3. The molecule has 0 heterocycles. The number of carbonyl (C=O) groups is 2. The number of benzene rings is 1. The van der Waals surface area contributed by atoms with Crippen LogP contribution < -0.4 is 0 Å². The van der Waals surface area contributed by atoms with Crippen molar-refractivity contribution < 1.29 is 24.2 Å². The van der Waals surface area contributed by atoms with Crippen molar-refractivity contribution in [2.45, 2.75) is 39.2 Å². The Hall–Kier alpha value is -2.04. The third-order valence-electron chi connectivity index (χ3n) is 2.71. The maximum atomic E-state index is 11.4. The smallest absolute Gasteiger partial charge is 0.305 e. The minimum atomic E-state index is -0.512. The topological polar surface area (TPSA) is 72.8 Å². The molecule has 0 saturated heterocycles. The maximum Gasteiger partial charge on any atom is 0.305 e. The van der Waals surface area contributed by atoms with E-state index < -0.39 is 6.10 Å². The van der Waals surface area contributed by atoms with Gasteiger partial charge in [0.05, 0.1) is 0 Å². The highest BCUT2D eigenvalue weighted by Gasteiger charge is 2.16. The molecule has 0 aliphatic carbocycles. The quantitative estimate of drug-likeness (QED) is 0.775. The van der Waals surface area contributed by atoms with Crippen molar-refractivity contribution in [3.8, 4) is 5.75 Å². The first-order chi connectivity index (χ1) is 9.55. The lowest BCUT2D eigenvalue weighted by molar-refractivity contribution is -0.158. The molecule has 0 fully saturated rings. The Morgan fingerprint density at radius 2 is 1.70 bits per heavy atom. The van der Waals surface area contributed by atoms with E-state index >= 15 is 0 Å². The Morgan fingerprint density at radius 1 is 1.10 bits per heavy atom. The first-order valence-electron chi connectivity index (χ1n) is 6.68. The van der Waals surface area contributed by atoms with Gasteiger partial charge >= 0.3 is 11.9 Å². The van der Waals surface area contributed by atoms with Crippen LogP contribution in [0.25, 0.3) is 0 Å². The summed E-state index contributed by atoms with van der Waals surface area (Å²) >= 11 is 0. The normalized spacial score (nSPS) is 11.7. The molecule has 0 spiro atoms. The molecule has 20 heavy (non-hydrogen) atoms. The van der Waals surface area contributed by atoms with E-state index in [0.717, 1.165) is 5.56 Å². The molecule has 1 aromatic carbocycles. The second kappa shape index (κ2) is 8.19. The van der Waals surface area contributed by atoms with E-state index in [9.17, 15) is 14.7 Å². The molecule has 1 rings (SSSR count). The molecule has 0 amide bonds. The molecule has 0 radical (unpaired) electrons. The fourth-order valence-electron chi connectivity index (χ4n) is 1.59. The van der Waals surface area contributed by atoms with E-state index in [1.165, 1.54) is 0 Å². The average Bonchev–Trinajstić information content (AvgIpc) is 2.46. The number of ether oxygens (including phenoxy) is 2. The van der Waals surface area contributed by atoms with Gasteiger partial charge in [0.25, 0.3) is 0 Å². The lowest BCUT2D eigenvalue weighted by atomic mass is 10.1. The lowest BCUT2D eigenvalue weighted by Crippen LogP contribution is -2.27. The van der Waals surface area contributed by atoms with Crippen LogP contribution >= 0.6 is 0 Å². The molecule has 0 aromatic heterocycles. The molecule has 5 heteroatoms. The third-order valence-corrected chi connectivity index (χ3v) is 2.71. The Labute approximate surface area is 118 Å². The number of hydrogen-bond donors (Lipinski definition) is 1. The number of rotatable bonds is 7. The zero-order chi connectivity index (χ0) is 15.0. The van der Waals surface area contributed by atoms with Crippen LogP contribution in [0, 0.1) is 0 Å². The van der Waals surface area contributed by atoms with Gasteiger partial charge in [0, 0.05) is 19.3 Å². The Morgan fingerprint density at radius 3 is 2.25 bits per heavy atom. The molecular formula is C15H20O5. The number of phenols is 1. The summed E-state index contributed by atoms with van der Waals surface area (Å²) in [6, 6.07) is 6.60. The van der Waals surface area contributed by atoms with Crippen LogP contribution in [-0.2, 0) is 25.5 Å². The molecule has 1 atom stereocenters. The molecular weight excluding hydrogens is 260 g/mol. The second-order valence-electron chi connectivity index (χ2n) is 4.37. The number of aromatic hydroxyl groups is 1. The fourth-order valence-corrected chi connectivity index (χ4v) is 1.59. The molecule has 0 saturated carbocycles. The maximum absolute atomic E-state index is 11.4. The van der Waals surface area contributed by atoms with Gasteiger partial charge in [-0.3, -0.25) is 9.59 Å². The Bertz CT molecular complexity index is 438. The van der Waals surface area contributed by atoms with Gasteiger partial charge in [-0.1, -0.05) is 26.0 Å². The number of hydrogen-bond acceptors (Lipinski definition) is 5. The Kier molecular flexibility index (Phi) is 6.56. The minimum absolute atomic E-state index is 0.0410. The van der Waals surface area contributed by atoms with Gasteiger partial charge in [-0.15, -0.1) is 0 Å². The third kappa shape index (κ3) is 5.73. The molecule has 5 nitrogen and oxygen atoms in total. The van der Waals surface area contributed by atoms with Crippen LogP contribution in [-0.4, -0.2) is 29.8 Å². The molecule has 1 aromatic rings. The summed E-state index contributed by atoms with van der Waals surface area (Å²) in [5, 5.41) is 9.23. The van der Waals surface area contributed by atoms with Crippen LogP contribution in [0.3, 0.4) is 0 Å². The summed E-state index contributed by atoms with van der Waals surface area (Å²) in [4.78, 5) is 22.6. The first-order valence-corrected chi connectivity index (χ1v) is 6.68. The zero-order valence-electron chi connectivity index (χ0n) is 11.8. The van der Waals surface area contributed by atoms with Crippen molar-refractivity contribution in [2.75, 3.05) is 6.61 Å². The van der Waals surface area contributed by atoms with Gasteiger partial charge in [0.15, 0.2) is 0 Å². The predicted octanol–water partition coefficient (Wildman–Crippen LogP) is 2.21. The van der Waals surface area contributed by atoms with Crippen LogP contribution in [0.2, 0.25) is 0 Å².